The zero-order valence-electron chi connectivity index (χ0n) is 9.87. The number of imidazole rings is 1. The van der Waals surface area contributed by atoms with Gasteiger partial charge in [0.05, 0.1) is 23.7 Å². The number of thioether (sulfide) groups is 1. The Balaban J connectivity index is 1.95. The number of ether oxygens (including phenoxy) is 1. The van der Waals surface area contributed by atoms with E-state index in [9.17, 15) is 0 Å². The molecular formula is C12H15ClN2OS. The second-order valence-electron chi connectivity index (χ2n) is 3.97. The number of hydrogen-bond donors (Lipinski definition) is 1. The van der Waals surface area contributed by atoms with E-state index in [0.717, 1.165) is 33.6 Å². The summed E-state index contributed by atoms with van der Waals surface area (Å²) in [6.07, 6.45) is 0.282. The summed E-state index contributed by atoms with van der Waals surface area (Å²) in [5.41, 5.74) is 1.92. The normalized spacial score (nSPS) is 11.5. The van der Waals surface area contributed by atoms with Crippen LogP contribution in [0.1, 0.15) is 13.8 Å². The lowest BCUT2D eigenvalue weighted by molar-refractivity contribution is 0.0920. The monoisotopic (exact) mass is 270 g/mol. The van der Waals surface area contributed by atoms with Gasteiger partial charge in [-0.05, 0) is 32.0 Å². The number of halogens is 1. The van der Waals surface area contributed by atoms with Gasteiger partial charge in [-0.3, -0.25) is 0 Å². The molecule has 0 atom stereocenters. The summed E-state index contributed by atoms with van der Waals surface area (Å²) in [7, 11) is 0. The molecule has 0 aliphatic rings. The summed E-state index contributed by atoms with van der Waals surface area (Å²) in [5, 5.41) is 1.63. The molecule has 5 heteroatoms. The first-order chi connectivity index (χ1) is 8.15. The molecule has 0 fully saturated rings. The van der Waals surface area contributed by atoms with E-state index < -0.39 is 0 Å². The van der Waals surface area contributed by atoms with Gasteiger partial charge < -0.3 is 9.72 Å². The standard InChI is InChI=1S/C12H15ClN2OS/c1-8(2)16-5-6-17-12-14-10-4-3-9(13)7-11(10)15-12/h3-4,7-8H,5-6H2,1-2H3,(H,14,15). The molecule has 0 aliphatic carbocycles. The first-order valence-corrected chi connectivity index (χ1v) is 6.91. The van der Waals surface area contributed by atoms with Crippen molar-refractivity contribution in [3.8, 4) is 0 Å². The number of nitrogens with one attached hydrogen (secondary N) is 1. The number of hydrogen-bond acceptors (Lipinski definition) is 3. The highest BCUT2D eigenvalue weighted by atomic mass is 35.5. The molecule has 0 saturated heterocycles. The van der Waals surface area contributed by atoms with Crippen molar-refractivity contribution in [2.45, 2.75) is 25.1 Å². The van der Waals surface area contributed by atoms with Gasteiger partial charge in [-0.2, -0.15) is 0 Å². The third-order valence-corrected chi connectivity index (χ3v) is 3.27. The molecule has 0 saturated carbocycles. The molecule has 0 amide bonds. The van der Waals surface area contributed by atoms with E-state index in [4.69, 9.17) is 16.3 Å². The SMILES string of the molecule is CC(C)OCCSc1nc2ccc(Cl)cc2[nH]1. The van der Waals surface area contributed by atoms with Gasteiger partial charge in [-0.1, -0.05) is 23.4 Å². The Morgan fingerprint density at radius 2 is 2.29 bits per heavy atom. The fourth-order valence-corrected chi connectivity index (χ4v) is 2.34. The lowest BCUT2D eigenvalue weighted by Gasteiger charge is -2.05. The minimum Gasteiger partial charge on any atom is -0.378 e. The van der Waals surface area contributed by atoms with Crippen molar-refractivity contribution in [2.75, 3.05) is 12.4 Å². The van der Waals surface area contributed by atoms with E-state index in [0.29, 0.717) is 0 Å². The Labute approximate surface area is 110 Å². The Morgan fingerprint density at radius 1 is 1.47 bits per heavy atom. The van der Waals surface area contributed by atoms with Gasteiger partial charge in [0.25, 0.3) is 0 Å². The maximum Gasteiger partial charge on any atom is 0.166 e. The van der Waals surface area contributed by atoms with Crippen LogP contribution in [0.2, 0.25) is 5.02 Å². The minimum absolute atomic E-state index is 0.282. The number of rotatable bonds is 5. The molecule has 2 rings (SSSR count). The van der Waals surface area contributed by atoms with Crippen LogP contribution in [0, 0.1) is 0 Å². The van der Waals surface area contributed by atoms with Gasteiger partial charge >= 0.3 is 0 Å². The van der Waals surface area contributed by atoms with Crippen molar-refractivity contribution in [1.82, 2.24) is 9.97 Å². The van der Waals surface area contributed by atoms with Crippen LogP contribution < -0.4 is 0 Å². The Bertz CT molecular complexity index is 498. The molecule has 0 unspecified atom stereocenters. The first-order valence-electron chi connectivity index (χ1n) is 5.55. The molecule has 0 spiro atoms. The fraction of sp³-hybridized carbons (Fsp3) is 0.417. The second kappa shape index (κ2) is 5.76. The van der Waals surface area contributed by atoms with Crippen molar-refractivity contribution in [3.05, 3.63) is 23.2 Å². The molecule has 1 aromatic carbocycles. The molecule has 3 nitrogen and oxygen atoms in total. The Hall–Kier alpha value is -0.710. The predicted octanol–water partition coefficient (Wildman–Crippen LogP) is 3.73. The number of aromatic amines is 1. The van der Waals surface area contributed by atoms with Crippen LogP contribution in [0.5, 0.6) is 0 Å². The van der Waals surface area contributed by atoms with Crippen LogP contribution in [0.3, 0.4) is 0 Å². The zero-order chi connectivity index (χ0) is 12.3. The Kier molecular flexibility index (Phi) is 4.31. The highest BCUT2D eigenvalue weighted by Crippen LogP contribution is 2.21. The molecule has 17 heavy (non-hydrogen) atoms. The molecule has 0 bridgehead atoms. The molecule has 92 valence electrons. The second-order valence-corrected chi connectivity index (χ2v) is 5.49. The lowest BCUT2D eigenvalue weighted by Crippen LogP contribution is -2.05. The maximum absolute atomic E-state index is 5.91. The van der Waals surface area contributed by atoms with Gasteiger partial charge in [0.1, 0.15) is 0 Å². The van der Waals surface area contributed by atoms with Crippen molar-refractivity contribution in [1.29, 1.82) is 0 Å². The van der Waals surface area contributed by atoms with Gasteiger partial charge in [-0.25, -0.2) is 4.98 Å². The number of aromatic nitrogens is 2. The number of benzene rings is 1. The van der Waals surface area contributed by atoms with Crippen LogP contribution in [0.25, 0.3) is 11.0 Å². The summed E-state index contributed by atoms with van der Waals surface area (Å²) in [4.78, 5) is 7.70. The first kappa shape index (κ1) is 12.7. The van der Waals surface area contributed by atoms with Gasteiger partial charge in [0, 0.05) is 10.8 Å². The van der Waals surface area contributed by atoms with E-state index in [1.807, 2.05) is 32.0 Å². The average Bonchev–Trinajstić information content (AvgIpc) is 2.66. The highest BCUT2D eigenvalue weighted by Gasteiger charge is 2.03. The quantitative estimate of drug-likeness (QED) is 0.664. The van der Waals surface area contributed by atoms with Crippen molar-refractivity contribution in [3.63, 3.8) is 0 Å². The molecule has 2 aromatic rings. The van der Waals surface area contributed by atoms with Crippen LogP contribution in [0.15, 0.2) is 23.4 Å². The average molecular weight is 271 g/mol. The number of nitrogens with zero attached hydrogens (tertiary/aromatic N) is 1. The van der Waals surface area contributed by atoms with E-state index in [-0.39, 0.29) is 6.10 Å². The lowest BCUT2D eigenvalue weighted by atomic mass is 10.3. The molecule has 0 aliphatic heterocycles. The van der Waals surface area contributed by atoms with Crippen LogP contribution in [-0.4, -0.2) is 28.4 Å². The van der Waals surface area contributed by atoms with Gasteiger partial charge in [0.2, 0.25) is 0 Å². The van der Waals surface area contributed by atoms with Crippen LogP contribution in [0.4, 0.5) is 0 Å². The summed E-state index contributed by atoms with van der Waals surface area (Å²) >= 11 is 7.57. The molecule has 1 N–H and O–H groups in total. The van der Waals surface area contributed by atoms with Crippen molar-refractivity contribution >= 4 is 34.4 Å². The molecule has 0 radical (unpaired) electrons. The van der Waals surface area contributed by atoms with Gasteiger partial charge in [-0.15, -0.1) is 0 Å². The predicted molar refractivity (Wildman–Crippen MR) is 72.9 cm³/mol. The third kappa shape index (κ3) is 3.63. The Morgan fingerprint density at radius 3 is 3.06 bits per heavy atom. The topological polar surface area (TPSA) is 37.9 Å². The van der Waals surface area contributed by atoms with Crippen molar-refractivity contribution in [2.24, 2.45) is 0 Å². The number of H-pyrrole nitrogens is 1. The summed E-state index contributed by atoms with van der Waals surface area (Å²) in [6, 6.07) is 5.66. The van der Waals surface area contributed by atoms with E-state index in [1.54, 1.807) is 11.8 Å². The zero-order valence-corrected chi connectivity index (χ0v) is 11.4. The van der Waals surface area contributed by atoms with Crippen LogP contribution in [-0.2, 0) is 4.74 Å². The van der Waals surface area contributed by atoms with E-state index in [2.05, 4.69) is 9.97 Å². The minimum atomic E-state index is 0.282. The third-order valence-electron chi connectivity index (χ3n) is 2.20. The van der Waals surface area contributed by atoms with E-state index >= 15 is 0 Å². The highest BCUT2D eigenvalue weighted by molar-refractivity contribution is 7.99. The fourth-order valence-electron chi connectivity index (χ4n) is 1.45. The molecule has 1 heterocycles. The van der Waals surface area contributed by atoms with E-state index in [1.165, 1.54) is 0 Å². The maximum atomic E-state index is 5.91. The van der Waals surface area contributed by atoms with Crippen LogP contribution >= 0.6 is 23.4 Å². The smallest absolute Gasteiger partial charge is 0.166 e. The molecular weight excluding hydrogens is 256 g/mol. The largest absolute Gasteiger partial charge is 0.378 e. The van der Waals surface area contributed by atoms with Crippen molar-refractivity contribution < 1.29 is 4.74 Å². The summed E-state index contributed by atoms with van der Waals surface area (Å²) < 4.78 is 5.47. The summed E-state index contributed by atoms with van der Waals surface area (Å²) in [6.45, 7) is 4.81. The number of fused-ring (bicyclic) bond motifs is 1. The summed E-state index contributed by atoms with van der Waals surface area (Å²) in [5.74, 6) is 0.895. The molecule has 1 aromatic heterocycles. The van der Waals surface area contributed by atoms with Gasteiger partial charge in [0.15, 0.2) is 5.16 Å².